The molecule has 0 aliphatic carbocycles. The monoisotopic (exact) mass is 372 g/mol. The zero-order chi connectivity index (χ0) is 18.9. The van der Waals surface area contributed by atoms with Crippen molar-refractivity contribution in [1.29, 1.82) is 0 Å². The molecule has 0 spiro atoms. The van der Waals surface area contributed by atoms with Crippen LogP contribution in [-0.4, -0.2) is 48.5 Å². The Bertz CT molecular complexity index is 825. The van der Waals surface area contributed by atoms with E-state index in [4.69, 9.17) is 23.9 Å². The lowest BCUT2D eigenvalue weighted by Crippen LogP contribution is -2.25. The zero-order valence-corrected chi connectivity index (χ0v) is 15.1. The van der Waals surface area contributed by atoms with Crippen LogP contribution < -0.4 is 9.47 Å². The van der Waals surface area contributed by atoms with E-state index in [2.05, 4.69) is 20.3 Å². The van der Waals surface area contributed by atoms with Crippen molar-refractivity contribution in [3.05, 3.63) is 42.1 Å². The molecular formula is C18H20N4O5. The average molecular weight is 372 g/mol. The summed E-state index contributed by atoms with van der Waals surface area (Å²) in [6.45, 7) is 3.32. The van der Waals surface area contributed by atoms with Crippen LogP contribution in [0.2, 0.25) is 0 Å². The van der Waals surface area contributed by atoms with Gasteiger partial charge in [0.05, 0.1) is 12.2 Å². The van der Waals surface area contributed by atoms with E-state index in [9.17, 15) is 0 Å². The molecule has 0 radical (unpaired) electrons. The molecule has 3 rings (SSSR count). The number of para-hydroxylation sites is 1. The van der Waals surface area contributed by atoms with Gasteiger partial charge in [-0.1, -0.05) is 24.2 Å². The second kappa shape index (κ2) is 9.37. The Morgan fingerprint density at radius 3 is 2.89 bits per heavy atom. The van der Waals surface area contributed by atoms with E-state index < -0.39 is 0 Å². The van der Waals surface area contributed by atoms with Gasteiger partial charge in [0.25, 0.3) is 5.90 Å². The van der Waals surface area contributed by atoms with E-state index in [-0.39, 0.29) is 11.9 Å². The van der Waals surface area contributed by atoms with Crippen molar-refractivity contribution in [3.63, 3.8) is 0 Å². The lowest BCUT2D eigenvalue weighted by Gasteiger charge is -2.16. The Hall–Kier alpha value is -3.36. The van der Waals surface area contributed by atoms with Crippen molar-refractivity contribution in [2.75, 3.05) is 26.9 Å². The average Bonchev–Trinajstić information content (AvgIpc) is 2.72. The van der Waals surface area contributed by atoms with Crippen LogP contribution in [0.3, 0.4) is 0 Å². The van der Waals surface area contributed by atoms with Crippen molar-refractivity contribution >= 4 is 11.6 Å². The molecule has 0 unspecified atom stereocenters. The van der Waals surface area contributed by atoms with E-state index >= 15 is 0 Å². The Morgan fingerprint density at radius 1 is 1.22 bits per heavy atom. The highest BCUT2D eigenvalue weighted by molar-refractivity contribution is 6.45. The lowest BCUT2D eigenvalue weighted by molar-refractivity contribution is 0.0672. The maximum atomic E-state index is 5.86. The highest BCUT2D eigenvalue weighted by Crippen LogP contribution is 2.25. The molecule has 142 valence electrons. The fourth-order valence-electron chi connectivity index (χ4n) is 2.22. The van der Waals surface area contributed by atoms with Crippen LogP contribution in [0, 0.1) is 0 Å². The SMILES string of the molecule is CCCOc1ccnc(Oc2ccccc2/C(=N\OC)C2=NOCCO2)n1. The summed E-state index contributed by atoms with van der Waals surface area (Å²) in [5.74, 6) is 1.11. The predicted octanol–water partition coefficient (Wildman–Crippen LogP) is 2.77. The van der Waals surface area contributed by atoms with Crippen molar-refractivity contribution in [2.24, 2.45) is 10.3 Å². The maximum Gasteiger partial charge on any atom is 0.325 e. The van der Waals surface area contributed by atoms with E-state index in [1.54, 1.807) is 24.4 Å². The number of hydrogen-bond donors (Lipinski definition) is 0. The van der Waals surface area contributed by atoms with Crippen LogP contribution in [0.25, 0.3) is 0 Å². The van der Waals surface area contributed by atoms with Crippen LogP contribution in [-0.2, 0) is 14.4 Å². The maximum absolute atomic E-state index is 5.86. The first-order chi connectivity index (χ1) is 13.3. The molecule has 0 N–H and O–H groups in total. The molecule has 0 fully saturated rings. The summed E-state index contributed by atoms with van der Waals surface area (Å²) >= 11 is 0. The van der Waals surface area contributed by atoms with Gasteiger partial charge in [-0.05, 0) is 23.7 Å². The topological polar surface area (TPSA) is 96.7 Å². The fourth-order valence-corrected chi connectivity index (χ4v) is 2.22. The Morgan fingerprint density at radius 2 is 2.11 bits per heavy atom. The summed E-state index contributed by atoms with van der Waals surface area (Å²) in [7, 11) is 1.44. The number of oxime groups is 2. The Labute approximate surface area is 156 Å². The molecule has 2 aromatic rings. The first kappa shape index (κ1) is 18.4. The van der Waals surface area contributed by atoms with E-state index in [0.29, 0.717) is 42.7 Å². The van der Waals surface area contributed by atoms with Gasteiger partial charge < -0.3 is 23.9 Å². The third kappa shape index (κ3) is 4.84. The van der Waals surface area contributed by atoms with Gasteiger partial charge in [0.15, 0.2) is 12.3 Å². The second-order valence-electron chi connectivity index (χ2n) is 5.32. The minimum Gasteiger partial charge on any atom is -0.478 e. The standard InChI is InChI=1S/C18H20N4O5/c1-3-10-24-15-8-9-19-18(20-15)27-14-7-5-4-6-13(14)16(21-23-2)17-22-26-12-11-25-17/h4-9H,3,10-12H2,1-2H3/b21-16+. The minimum absolute atomic E-state index is 0.149. The van der Waals surface area contributed by atoms with Crippen LogP contribution in [0.1, 0.15) is 18.9 Å². The fraction of sp³-hybridized carbons (Fsp3) is 0.333. The molecule has 27 heavy (non-hydrogen) atoms. The summed E-state index contributed by atoms with van der Waals surface area (Å²) in [4.78, 5) is 18.4. The van der Waals surface area contributed by atoms with Crippen LogP contribution in [0.5, 0.6) is 17.6 Å². The van der Waals surface area contributed by atoms with Crippen LogP contribution in [0.4, 0.5) is 0 Å². The summed E-state index contributed by atoms with van der Waals surface area (Å²) in [5, 5.41) is 7.91. The molecule has 1 aromatic carbocycles. The lowest BCUT2D eigenvalue weighted by atomic mass is 10.1. The van der Waals surface area contributed by atoms with Crippen LogP contribution in [0.15, 0.2) is 46.8 Å². The van der Waals surface area contributed by atoms with Crippen molar-refractivity contribution in [1.82, 2.24) is 9.97 Å². The van der Waals surface area contributed by atoms with Gasteiger partial charge in [0.2, 0.25) is 5.88 Å². The van der Waals surface area contributed by atoms with Crippen LogP contribution >= 0.6 is 0 Å². The Kier molecular flexibility index (Phi) is 6.40. The molecule has 0 amide bonds. The van der Waals surface area contributed by atoms with Gasteiger partial charge in [0, 0.05) is 12.3 Å². The van der Waals surface area contributed by atoms with Gasteiger partial charge in [-0.15, -0.1) is 0 Å². The third-order valence-electron chi connectivity index (χ3n) is 3.35. The number of nitrogens with zero attached hydrogens (tertiary/aromatic N) is 4. The van der Waals surface area contributed by atoms with Crippen molar-refractivity contribution in [3.8, 4) is 17.6 Å². The third-order valence-corrected chi connectivity index (χ3v) is 3.35. The minimum atomic E-state index is 0.149. The van der Waals surface area contributed by atoms with Crippen molar-refractivity contribution in [2.45, 2.75) is 13.3 Å². The van der Waals surface area contributed by atoms with Gasteiger partial charge in [-0.2, -0.15) is 4.98 Å². The zero-order valence-electron chi connectivity index (χ0n) is 15.1. The molecule has 0 saturated carbocycles. The highest BCUT2D eigenvalue weighted by atomic mass is 16.7. The summed E-state index contributed by atoms with van der Waals surface area (Å²) < 4.78 is 16.9. The second-order valence-corrected chi connectivity index (χ2v) is 5.32. The largest absolute Gasteiger partial charge is 0.478 e. The molecule has 0 bridgehead atoms. The first-order valence-corrected chi connectivity index (χ1v) is 8.49. The molecule has 0 atom stereocenters. The highest BCUT2D eigenvalue weighted by Gasteiger charge is 2.22. The smallest absolute Gasteiger partial charge is 0.325 e. The Balaban J connectivity index is 1.89. The normalized spacial score (nSPS) is 13.9. The van der Waals surface area contributed by atoms with Crippen molar-refractivity contribution < 1.29 is 23.9 Å². The quantitative estimate of drug-likeness (QED) is 0.519. The number of aromatic nitrogens is 2. The molecule has 9 nitrogen and oxygen atoms in total. The van der Waals surface area contributed by atoms with Gasteiger partial charge in [-0.25, -0.2) is 4.98 Å². The molecule has 1 aliphatic rings. The molecular weight excluding hydrogens is 352 g/mol. The summed E-state index contributed by atoms with van der Waals surface area (Å²) in [6.07, 6.45) is 2.45. The number of hydrogen-bond acceptors (Lipinski definition) is 9. The first-order valence-electron chi connectivity index (χ1n) is 8.49. The molecule has 0 saturated heterocycles. The molecule has 9 heteroatoms. The van der Waals surface area contributed by atoms with Gasteiger partial charge in [-0.3, -0.25) is 0 Å². The van der Waals surface area contributed by atoms with E-state index in [1.165, 1.54) is 7.11 Å². The molecule has 1 aromatic heterocycles. The van der Waals surface area contributed by atoms with Gasteiger partial charge in [0.1, 0.15) is 19.5 Å². The predicted molar refractivity (Wildman–Crippen MR) is 97.2 cm³/mol. The van der Waals surface area contributed by atoms with E-state index in [0.717, 1.165) is 6.42 Å². The molecule has 1 aliphatic heterocycles. The number of benzene rings is 1. The summed E-state index contributed by atoms with van der Waals surface area (Å²) in [5.41, 5.74) is 0.929. The van der Waals surface area contributed by atoms with Gasteiger partial charge >= 0.3 is 6.01 Å². The van der Waals surface area contributed by atoms with E-state index in [1.807, 2.05) is 19.1 Å². The summed E-state index contributed by atoms with van der Waals surface area (Å²) in [6, 6.07) is 9.03. The number of rotatable bonds is 8. The molecule has 2 heterocycles. The number of ether oxygens (including phenoxy) is 3.